The van der Waals surface area contributed by atoms with Crippen LogP contribution in [0.3, 0.4) is 0 Å². The molecule has 8 N–H and O–H groups in total. The standard InChI is InChI=1S/C41H72N8O10S4/c1-40(2,3)58-37(56)45-21-16-32(52)48(25-18-29(50)14-9-7-8-13-28(35(42)54)27-34-60-61-34)23-12-24-49(33(53)17-22-46-38(57)59-41(4,5)6)26-19-31(51)44-20-11-10-15-30(36(43)55)47-39-62-63-39/h28,30,34,39,47H,7-27H2,1-6H3,(H2,42,54)(H2,43,55)(H,44,51)(H,45,56)(H,46,57)/t28-,30+/m1/s1. The minimum absolute atomic E-state index is 0.00183. The van der Waals surface area contributed by atoms with Crippen LogP contribution in [0.15, 0.2) is 0 Å². The number of nitrogens with one attached hydrogen (secondary N) is 4. The van der Waals surface area contributed by atoms with E-state index in [2.05, 4.69) is 21.3 Å². The summed E-state index contributed by atoms with van der Waals surface area (Å²) in [6.45, 7) is 11.4. The molecular weight excluding hydrogens is 893 g/mol. The summed E-state index contributed by atoms with van der Waals surface area (Å²) in [4.78, 5) is 104. The number of nitrogens with zero attached hydrogens (tertiary/aromatic N) is 2. The van der Waals surface area contributed by atoms with Crippen molar-refractivity contribution in [3.8, 4) is 0 Å². The third-order valence-corrected chi connectivity index (χ3v) is 13.6. The number of Topliss-reactive ketones (excluding diaryl/α,β-unsaturated/α-hetero) is 1. The molecule has 22 heteroatoms. The van der Waals surface area contributed by atoms with E-state index in [4.69, 9.17) is 20.9 Å². The molecule has 0 bridgehead atoms. The Labute approximate surface area is 389 Å². The molecule has 2 heterocycles. The van der Waals surface area contributed by atoms with Crippen molar-refractivity contribution in [1.29, 1.82) is 0 Å². The molecule has 0 aromatic heterocycles. The van der Waals surface area contributed by atoms with Gasteiger partial charge in [0.05, 0.1) is 10.6 Å². The number of ketones is 1. The van der Waals surface area contributed by atoms with Gasteiger partial charge in [0.2, 0.25) is 29.5 Å². The van der Waals surface area contributed by atoms with Crippen LogP contribution in [0, 0.1) is 5.92 Å². The largest absolute Gasteiger partial charge is 0.444 e. The Balaban J connectivity index is 1.97. The Bertz CT molecular complexity index is 1400. The zero-order valence-corrected chi connectivity index (χ0v) is 41.2. The van der Waals surface area contributed by atoms with Gasteiger partial charge in [-0.05, 0) is 86.5 Å². The molecule has 0 spiro atoms. The van der Waals surface area contributed by atoms with Gasteiger partial charge >= 0.3 is 12.2 Å². The highest BCUT2D eigenvalue weighted by molar-refractivity contribution is 8.93. The molecule has 0 unspecified atom stereocenters. The summed E-state index contributed by atoms with van der Waals surface area (Å²) in [5.41, 5.74) is 9.68. The van der Waals surface area contributed by atoms with Gasteiger partial charge in [-0.2, -0.15) is 0 Å². The van der Waals surface area contributed by atoms with Crippen LogP contribution in [-0.4, -0.2) is 130 Å². The highest BCUT2D eigenvalue weighted by atomic mass is 33.2. The van der Waals surface area contributed by atoms with Gasteiger partial charge in [-0.1, -0.05) is 56.0 Å². The molecule has 0 radical (unpaired) electrons. The van der Waals surface area contributed by atoms with Crippen LogP contribution in [0.25, 0.3) is 0 Å². The van der Waals surface area contributed by atoms with E-state index >= 15 is 0 Å². The molecule has 2 rings (SSSR count). The lowest BCUT2D eigenvalue weighted by Gasteiger charge is -2.27. The van der Waals surface area contributed by atoms with Crippen molar-refractivity contribution in [1.82, 2.24) is 31.1 Å². The topological polar surface area (TPSA) is 262 Å². The Kier molecular flexibility index (Phi) is 26.2. The molecule has 0 aliphatic carbocycles. The number of hydrogen-bond acceptors (Lipinski definition) is 15. The van der Waals surface area contributed by atoms with Gasteiger partial charge in [0.25, 0.3) is 0 Å². The van der Waals surface area contributed by atoms with Crippen LogP contribution >= 0.6 is 43.2 Å². The van der Waals surface area contributed by atoms with E-state index < -0.39 is 35.3 Å². The second kappa shape index (κ2) is 29.5. The molecule has 360 valence electrons. The summed E-state index contributed by atoms with van der Waals surface area (Å²) in [6, 6.07) is -0.432. The number of amides is 7. The second-order valence-corrected chi connectivity index (χ2v) is 23.3. The van der Waals surface area contributed by atoms with Crippen molar-refractivity contribution < 1.29 is 47.8 Å². The number of unbranched alkanes of at least 4 members (excludes halogenated alkanes) is 3. The Morgan fingerprint density at radius 2 is 1.11 bits per heavy atom. The number of carbonyl (C=O) groups is 8. The van der Waals surface area contributed by atoms with E-state index in [1.807, 2.05) is 0 Å². The van der Waals surface area contributed by atoms with Crippen LogP contribution in [0.1, 0.15) is 131 Å². The molecule has 2 aliphatic rings. The van der Waals surface area contributed by atoms with E-state index in [0.717, 1.165) is 19.3 Å². The Morgan fingerprint density at radius 3 is 1.60 bits per heavy atom. The zero-order valence-electron chi connectivity index (χ0n) is 37.9. The number of ether oxygens (including phenoxy) is 2. The molecule has 0 aromatic rings. The van der Waals surface area contributed by atoms with E-state index in [9.17, 15) is 38.4 Å². The van der Waals surface area contributed by atoms with Crippen LogP contribution in [0.2, 0.25) is 0 Å². The summed E-state index contributed by atoms with van der Waals surface area (Å²) in [5.74, 6) is -1.71. The number of primary amides is 2. The Morgan fingerprint density at radius 1 is 0.571 bits per heavy atom. The first-order valence-corrected chi connectivity index (χ1v) is 26.4. The normalized spacial score (nSPS) is 14.8. The average molecular weight is 965 g/mol. The number of hydrogen-bond donors (Lipinski definition) is 6. The summed E-state index contributed by atoms with van der Waals surface area (Å²) in [7, 11) is 6.77. The first-order valence-electron chi connectivity index (χ1n) is 21.9. The predicted molar refractivity (Wildman–Crippen MR) is 251 cm³/mol. The van der Waals surface area contributed by atoms with Crippen molar-refractivity contribution in [2.75, 3.05) is 45.8 Å². The van der Waals surface area contributed by atoms with Crippen molar-refractivity contribution in [3.05, 3.63) is 0 Å². The van der Waals surface area contributed by atoms with Crippen LogP contribution in [0.4, 0.5) is 9.59 Å². The van der Waals surface area contributed by atoms with E-state index in [1.165, 1.54) is 4.90 Å². The average Bonchev–Trinajstić information content (AvgIpc) is 4.11. The first kappa shape index (κ1) is 56.1. The van der Waals surface area contributed by atoms with Crippen LogP contribution in [-0.2, 0) is 38.2 Å². The quantitative estimate of drug-likeness (QED) is 0.0294. The van der Waals surface area contributed by atoms with Gasteiger partial charge in [0, 0.05) is 83.8 Å². The molecular formula is C41H72N8O10S4. The molecule has 18 nitrogen and oxygen atoms in total. The minimum atomic E-state index is -0.715. The monoisotopic (exact) mass is 964 g/mol. The molecule has 2 fully saturated rings. The SMILES string of the molecule is CC(C)(C)OC(=O)NCCC(=O)N(CCCN(CCC(=O)NCCCC[C@H](NC1SS1)C(N)=O)C(=O)CCNC(=O)OC(C)(C)C)CCC(=O)CCCCC[C@H](CC1SS1)C(N)=O. The lowest BCUT2D eigenvalue weighted by atomic mass is 9.97. The van der Waals surface area contributed by atoms with Gasteiger partial charge in [-0.15, -0.1) is 0 Å². The maximum absolute atomic E-state index is 13.5. The van der Waals surface area contributed by atoms with Gasteiger partial charge in [0.1, 0.15) is 21.7 Å². The number of carbonyl (C=O) groups excluding carboxylic acids is 8. The van der Waals surface area contributed by atoms with Crippen molar-refractivity contribution in [2.45, 2.75) is 158 Å². The second-order valence-electron chi connectivity index (χ2n) is 17.6. The molecule has 0 saturated carbocycles. The lowest BCUT2D eigenvalue weighted by Crippen LogP contribution is -2.42. The van der Waals surface area contributed by atoms with Gasteiger partial charge in [0.15, 0.2) is 0 Å². The third kappa shape index (κ3) is 29.2. The van der Waals surface area contributed by atoms with Gasteiger partial charge in [-0.25, -0.2) is 9.59 Å². The summed E-state index contributed by atoms with van der Waals surface area (Å²) < 4.78 is 11.2. The fraction of sp³-hybridized carbons (Fsp3) is 0.805. The highest BCUT2D eigenvalue weighted by Crippen LogP contribution is 2.56. The predicted octanol–water partition coefficient (Wildman–Crippen LogP) is 4.78. The van der Waals surface area contributed by atoms with E-state index in [-0.39, 0.29) is 105 Å². The molecule has 0 aromatic carbocycles. The van der Waals surface area contributed by atoms with Crippen molar-refractivity contribution in [2.24, 2.45) is 17.4 Å². The maximum atomic E-state index is 13.5. The summed E-state index contributed by atoms with van der Waals surface area (Å²) in [6.07, 6.45) is 4.97. The van der Waals surface area contributed by atoms with Crippen LogP contribution in [0.5, 0.6) is 0 Å². The fourth-order valence-electron chi connectivity index (χ4n) is 6.24. The fourth-order valence-corrected chi connectivity index (χ4v) is 8.65. The summed E-state index contributed by atoms with van der Waals surface area (Å²) in [5, 5.41) is 11.2. The number of nitrogens with two attached hydrogens (primary N) is 2. The molecule has 2 atom stereocenters. The van der Waals surface area contributed by atoms with Gasteiger partial charge < -0.3 is 46.7 Å². The third-order valence-electron chi connectivity index (χ3n) is 9.58. The van der Waals surface area contributed by atoms with Crippen molar-refractivity contribution in [3.63, 3.8) is 0 Å². The smallest absolute Gasteiger partial charge is 0.407 e. The zero-order chi connectivity index (χ0) is 47.0. The van der Waals surface area contributed by atoms with E-state index in [1.54, 1.807) is 89.6 Å². The van der Waals surface area contributed by atoms with Crippen molar-refractivity contribution >= 4 is 90.7 Å². The molecule has 7 amide bonds. The van der Waals surface area contributed by atoms with Crippen LogP contribution < -0.4 is 32.7 Å². The molecule has 2 aliphatic heterocycles. The first-order chi connectivity index (χ1) is 29.6. The summed E-state index contributed by atoms with van der Waals surface area (Å²) >= 11 is 0. The lowest BCUT2D eigenvalue weighted by molar-refractivity contribution is -0.132. The van der Waals surface area contributed by atoms with Gasteiger partial charge in [-0.3, -0.25) is 34.1 Å². The van der Waals surface area contributed by atoms with E-state index in [0.29, 0.717) is 56.1 Å². The Hall–Kier alpha value is -3.08. The number of alkyl carbamates (subject to hydrolysis) is 2. The highest BCUT2D eigenvalue weighted by Gasteiger charge is 2.31. The minimum Gasteiger partial charge on any atom is -0.444 e. The molecule has 2 saturated heterocycles. The molecule has 63 heavy (non-hydrogen) atoms. The number of rotatable bonds is 33. The maximum Gasteiger partial charge on any atom is 0.407 e.